The lowest BCUT2D eigenvalue weighted by atomic mass is 9.58. The molecule has 33 heavy (non-hydrogen) atoms. The monoisotopic (exact) mass is 468 g/mol. The molecule has 0 heterocycles. The van der Waals surface area contributed by atoms with E-state index in [4.69, 9.17) is 5.73 Å². The molecule has 176 valence electrons. The number of alkyl halides is 3. The molecular weight excluding hydrogens is 449 g/mol. The molecule has 4 rings (SSSR count). The summed E-state index contributed by atoms with van der Waals surface area (Å²) in [5, 5.41) is 45.4. The van der Waals surface area contributed by atoms with Crippen LogP contribution in [-0.4, -0.2) is 56.6 Å². The van der Waals surface area contributed by atoms with Crippen LogP contribution in [0.5, 0.6) is 5.75 Å². The number of Topliss-reactive ketones (excluding diaryl/α,β-unsaturated/α-hetero) is 2. The molecule has 1 aromatic rings. The number of nitrogens with one attached hydrogen (secondary N) is 1. The smallest absolute Gasteiger partial charge is 0.416 e. The number of rotatable bonds is 2. The first-order chi connectivity index (χ1) is 15.3. The van der Waals surface area contributed by atoms with Crippen LogP contribution in [0.3, 0.4) is 0 Å². The molecule has 1 aromatic carbocycles. The minimum Gasteiger partial charge on any atom is -0.510 e. The first kappa shape index (κ1) is 22.8. The van der Waals surface area contributed by atoms with E-state index in [0.29, 0.717) is 12.1 Å². The summed E-state index contributed by atoms with van der Waals surface area (Å²) >= 11 is 0. The van der Waals surface area contributed by atoms with Gasteiger partial charge in [-0.3, -0.25) is 14.4 Å². The number of nitrogens with two attached hydrogens (primary N) is 1. The van der Waals surface area contributed by atoms with E-state index in [1.165, 1.54) is 7.05 Å². The van der Waals surface area contributed by atoms with Crippen molar-refractivity contribution in [3.63, 3.8) is 0 Å². The zero-order chi connectivity index (χ0) is 24.6. The van der Waals surface area contributed by atoms with Crippen LogP contribution in [-0.2, 0) is 22.2 Å². The second kappa shape index (κ2) is 7.06. The van der Waals surface area contributed by atoms with Gasteiger partial charge in [-0.25, -0.2) is 0 Å². The van der Waals surface area contributed by atoms with Crippen molar-refractivity contribution < 1.29 is 48.0 Å². The number of carbonyl (C=O) groups is 3. The number of aliphatic hydroxyl groups is 3. The van der Waals surface area contributed by atoms with Crippen LogP contribution in [0.15, 0.2) is 34.8 Å². The maximum Gasteiger partial charge on any atom is 0.416 e. The van der Waals surface area contributed by atoms with Gasteiger partial charge in [0.15, 0.2) is 11.4 Å². The Morgan fingerprint density at radius 3 is 2.39 bits per heavy atom. The van der Waals surface area contributed by atoms with Crippen molar-refractivity contribution in [1.29, 1.82) is 0 Å². The van der Waals surface area contributed by atoms with Crippen molar-refractivity contribution in [2.24, 2.45) is 17.6 Å². The molecule has 12 heteroatoms. The summed E-state index contributed by atoms with van der Waals surface area (Å²) in [4.78, 5) is 38.0. The van der Waals surface area contributed by atoms with Crippen molar-refractivity contribution in [3.05, 3.63) is 51.5 Å². The topological polar surface area (TPSA) is 170 Å². The van der Waals surface area contributed by atoms with E-state index in [0.717, 1.165) is 0 Å². The number of benzene rings is 1. The van der Waals surface area contributed by atoms with Crippen molar-refractivity contribution in [2.75, 3.05) is 7.05 Å². The third-order valence-corrected chi connectivity index (χ3v) is 6.70. The van der Waals surface area contributed by atoms with Crippen molar-refractivity contribution >= 4 is 17.5 Å². The highest BCUT2D eigenvalue weighted by atomic mass is 19.4. The van der Waals surface area contributed by atoms with Gasteiger partial charge in [0.2, 0.25) is 5.78 Å². The number of aliphatic hydroxyl groups excluding tert-OH is 2. The average molecular weight is 468 g/mol. The predicted octanol–water partition coefficient (Wildman–Crippen LogP) is 0.797. The van der Waals surface area contributed by atoms with Gasteiger partial charge in [-0.15, -0.1) is 0 Å². The highest BCUT2D eigenvalue weighted by Crippen LogP contribution is 2.52. The zero-order valence-corrected chi connectivity index (χ0v) is 17.0. The molecule has 0 unspecified atom stereocenters. The Morgan fingerprint density at radius 2 is 1.85 bits per heavy atom. The number of ketones is 2. The van der Waals surface area contributed by atoms with E-state index in [2.05, 4.69) is 5.32 Å². The van der Waals surface area contributed by atoms with Gasteiger partial charge in [-0.1, -0.05) is 0 Å². The molecule has 0 bridgehead atoms. The Balaban J connectivity index is 1.97. The van der Waals surface area contributed by atoms with Crippen molar-refractivity contribution in [2.45, 2.75) is 30.7 Å². The molecule has 0 radical (unpaired) electrons. The molecule has 4 atom stereocenters. The zero-order valence-electron chi connectivity index (χ0n) is 17.0. The molecule has 3 aliphatic rings. The van der Waals surface area contributed by atoms with Crippen LogP contribution in [0.2, 0.25) is 0 Å². The summed E-state index contributed by atoms with van der Waals surface area (Å²) in [6, 6.07) is 0.0670. The van der Waals surface area contributed by atoms with E-state index in [-0.39, 0.29) is 6.42 Å². The fourth-order valence-corrected chi connectivity index (χ4v) is 5.28. The van der Waals surface area contributed by atoms with E-state index < -0.39 is 98.7 Å². The third kappa shape index (κ3) is 2.90. The van der Waals surface area contributed by atoms with Crippen LogP contribution in [0.25, 0.3) is 0 Å². The minimum absolute atomic E-state index is 0.304. The molecule has 0 aliphatic heterocycles. The van der Waals surface area contributed by atoms with E-state index in [1.54, 1.807) is 0 Å². The number of primary amides is 1. The first-order valence-electron chi connectivity index (χ1n) is 9.84. The van der Waals surface area contributed by atoms with Crippen molar-refractivity contribution in [1.82, 2.24) is 5.32 Å². The van der Waals surface area contributed by atoms with Crippen LogP contribution in [0.4, 0.5) is 13.2 Å². The van der Waals surface area contributed by atoms with Gasteiger partial charge >= 0.3 is 6.18 Å². The summed E-state index contributed by atoms with van der Waals surface area (Å²) in [7, 11) is 1.33. The lowest BCUT2D eigenvalue weighted by molar-refractivity contribution is -0.146. The Kier molecular flexibility index (Phi) is 4.88. The quantitative estimate of drug-likeness (QED) is 0.346. The van der Waals surface area contributed by atoms with Crippen molar-refractivity contribution in [3.8, 4) is 5.75 Å². The SMILES string of the molecule is CN[C@@H]1C(O)=C(C(N)=O)C(=O)[C@@]2(O)C(O)=C3C(=O)c4c(O)ccc(C(F)(F)F)c4C[C@H]3C[C@@H]12. The van der Waals surface area contributed by atoms with E-state index in [9.17, 15) is 48.0 Å². The number of phenols is 1. The number of aromatic hydroxyl groups is 1. The summed E-state index contributed by atoms with van der Waals surface area (Å²) in [6.07, 6.45) is -5.57. The Hall–Kier alpha value is -3.38. The number of hydrogen-bond donors (Lipinski definition) is 6. The molecule has 3 aliphatic carbocycles. The van der Waals surface area contributed by atoms with Crippen LogP contribution >= 0.6 is 0 Å². The average Bonchev–Trinajstić information content (AvgIpc) is 2.70. The maximum atomic E-state index is 13.6. The number of carbonyl (C=O) groups excluding carboxylic acids is 3. The highest BCUT2D eigenvalue weighted by molar-refractivity contribution is 6.24. The normalized spacial score (nSPS) is 29.5. The molecule has 1 amide bonds. The predicted molar refractivity (Wildman–Crippen MR) is 104 cm³/mol. The second-order valence-electron chi connectivity index (χ2n) is 8.30. The molecule has 0 saturated heterocycles. The number of phenolic OH excluding ortho intramolecular Hbond substituents is 1. The number of halogens is 3. The molecule has 0 aromatic heterocycles. The minimum atomic E-state index is -4.83. The number of allylic oxidation sites excluding steroid dienone is 1. The number of hydrogen-bond acceptors (Lipinski definition) is 8. The van der Waals surface area contributed by atoms with E-state index in [1.807, 2.05) is 0 Å². The Bertz CT molecular complexity index is 1190. The van der Waals surface area contributed by atoms with Crippen LogP contribution < -0.4 is 11.1 Å². The van der Waals surface area contributed by atoms with Gasteiger partial charge in [0.1, 0.15) is 22.8 Å². The number of fused-ring (bicyclic) bond motifs is 3. The van der Waals surface area contributed by atoms with Gasteiger partial charge in [0.25, 0.3) is 5.91 Å². The summed E-state index contributed by atoms with van der Waals surface area (Å²) < 4.78 is 40.7. The Morgan fingerprint density at radius 1 is 1.21 bits per heavy atom. The maximum absolute atomic E-state index is 13.6. The van der Waals surface area contributed by atoms with E-state index >= 15 is 0 Å². The molecule has 0 spiro atoms. The van der Waals surface area contributed by atoms with Gasteiger partial charge in [-0.2, -0.15) is 13.2 Å². The molecule has 7 N–H and O–H groups in total. The summed E-state index contributed by atoms with van der Waals surface area (Å²) in [5.74, 6) is -9.09. The third-order valence-electron chi connectivity index (χ3n) is 6.70. The highest BCUT2D eigenvalue weighted by Gasteiger charge is 2.62. The molecule has 9 nitrogen and oxygen atoms in total. The number of amides is 1. The van der Waals surface area contributed by atoms with Gasteiger partial charge in [-0.05, 0) is 43.5 Å². The fraction of sp³-hybridized carbons (Fsp3) is 0.381. The van der Waals surface area contributed by atoms with Gasteiger partial charge < -0.3 is 31.5 Å². The molecule has 0 fully saturated rings. The van der Waals surface area contributed by atoms with Gasteiger partial charge in [0.05, 0.1) is 17.2 Å². The molecule has 0 saturated carbocycles. The van der Waals surface area contributed by atoms with Crippen LogP contribution in [0, 0.1) is 11.8 Å². The Labute approximate surface area is 184 Å². The summed E-state index contributed by atoms with van der Waals surface area (Å²) in [5.41, 5.74) is -1.48. The lowest BCUT2D eigenvalue weighted by Crippen LogP contribution is -2.63. The molecular formula is C21H19F3N2O7. The summed E-state index contributed by atoms with van der Waals surface area (Å²) in [6.45, 7) is 0. The van der Waals surface area contributed by atoms with Crippen LogP contribution in [0.1, 0.15) is 27.9 Å². The number of likely N-dealkylation sites (N-methyl/N-ethyl adjacent to an activating group) is 1. The lowest BCUT2D eigenvalue weighted by Gasteiger charge is -2.48. The fourth-order valence-electron chi connectivity index (χ4n) is 5.28. The van der Waals surface area contributed by atoms with Gasteiger partial charge in [0, 0.05) is 11.5 Å². The first-order valence-corrected chi connectivity index (χ1v) is 9.84. The standard InChI is InChI=1S/C21H19F3N2O7/c1-26-14-9-5-6-4-7-8(21(22,23)24)2-3-10(27)12(7)15(28)11(6)17(30)20(9,33)18(31)13(16(14)29)19(25)32/h2-3,6,9,14,26-27,29-30,33H,4-5H2,1H3,(H2,25,32)/t6-,9-,14-,20-/m0/s1. The largest absolute Gasteiger partial charge is 0.510 e. The second-order valence-corrected chi connectivity index (χ2v) is 8.30.